The molecule has 3 N–H and O–H groups in total. The van der Waals surface area contributed by atoms with Crippen molar-refractivity contribution in [3.05, 3.63) is 46.5 Å². The van der Waals surface area contributed by atoms with Crippen molar-refractivity contribution in [2.75, 3.05) is 19.5 Å². The number of halogens is 1. The molecule has 3 aliphatic heterocycles. The molecule has 4 heterocycles. The van der Waals surface area contributed by atoms with Crippen LogP contribution in [0, 0.1) is 12.7 Å². The largest absolute Gasteiger partial charge is 0.368 e. The van der Waals surface area contributed by atoms with Crippen LogP contribution in [-0.2, 0) is 30.2 Å². The Bertz CT molecular complexity index is 1170. The maximum Gasteiger partial charge on any atom is 0.220 e. The van der Waals surface area contributed by atoms with E-state index in [9.17, 15) is 4.39 Å². The smallest absolute Gasteiger partial charge is 0.220 e. The van der Waals surface area contributed by atoms with E-state index >= 15 is 0 Å². The van der Waals surface area contributed by atoms with E-state index in [0.717, 1.165) is 0 Å². The zero-order valence-electron chi connectivity index (χ0n) is 19.9. The van der Waals surface area contributed by atoms with Gasteiger partial charge >= 0.3 is 0 Å². The molecule has 1 aromatic heterocycles. The first kappa shape index (κ1) is 24.1. The lowest BCUT2D eigenvalue weighted by atomic mass is 9.84. The molecule has 2 radical (unpaired) electrons. The molecule has 0 bridgehead atoms. The minimum absolute atomic E-state index is 0.132. The predicted octanol–water partition coefficient (Wildman–Crippen LogP) is 0.757. The Morgan fingerprint density at radius 2 is 2.03 bits per heavy atom. The zero-order chi connectivity index (χ0) is 24.9. The van der Waals surface area contributed by atoms with Crippen molar-refractivity contribution < 1.29 is 28.2 Å². The predicted molar refractivity (Wildman–Crippen MR) is 125 cm³/mol. The van der Waals surface area contributed by atoms with Crippen LogP contribution >= 0.6 is 0 Å². The number of hydrogen-bond donors (Lipinski definition) is 2. The number of rotatable bonds is 5. The quantitative estimate of drug-likeness (QED) is 0.469. The highest BCUT2D eigenvalue weighted by Crippen LogP contribution is 2.39. The minimum Gasteiger partial charge on any atom is -0.368 e. The zero-order valence-corrected chi connectivity index (χ0v) is 19.9. The van der Waals surface area contributed by atoms with E-state index in [1.54, 1.807) is 13.2 Å². The van der Waals surface area contributed by atoms with Gasteiger partial charge in [0.25, 0.3) is 0 Å². The summed E-state index contributed by atoms with van der Waals surface area (Å²) in [6, 6.07) is 3.83. The summed E-state index contributed by atoms with van der Waals surface area (Å²) in [5.41, 5.74) is 11.8. The Labute approximate surface area is 203 Å². The normalized spacial score (nSPS) is 28.9. The van der Waals surface area contributed by atoms with Crippen LogP contribution in [0.2, 0.25) is 0 Å². The lowest BCUT2D eigenvalue weighted by Crippen LogP contribution is -2.38. The van der Waals surface area contributed by atoms with Gasteiger partial charge in [-0.15, -0.1) is 0 Å². The minimum atomic E-state index is -0.745. The fourth-order valence-corrected chi connectivity index (χ4v) is 4.82. The number of nitrogens with two attached hydrogens (primary N) is 1. The van der Waals surface area contributed by atoms with E-state index in [-0.39, 0.29) is 24.8 Å². The highest BCUT2D eigenvalue weighted by molar-refractivity contribution is 6.33. The molecule has 5 atom stereocenters. The van der Waals surface area contributed by atoms with Gasteiger partial charge in [-0.05, 0) is 38.5 Å². The number of fused-ring (bicyclic) bond motifs is 2. The van der Waals surface area contributed by atoms with Gasteiger partial charge in [0.1, 0.15) is 38.6 Å². The molecular formula is C23H27BFN5O5. The number of aryl methyl sites for hydroxylation is 1. The highest BCUT2D eigenvalue weighted by Gasteiger charge is 2.55. The Kier molecular flexibility index (Phi) is 6.26. The first-order chi connectivity index (χ1) is 16.6. The van der Waals surface area contributed by atoms with Crippen molar-refractivity contribution in [3.8, 4) is 0 Å². The van der Waals surface area contributed by atoms with E-state index in [2.05, 4.69) is 15.4 Å². The average molecular weight is 483 g/mol. The monoisotopic (exact) mass is 483 g/mol. The van der Waals surface area contributed by atoms with Crippen LogP contribution in [0.25, 0.3) is 0 Å². The Balaban J connectivity index is 1.37. The summed E-state index contributed by atoms with van der Waals surface area (Å²) >= 11 is 0. The van der Waals surface area contributed by atoms with Gasteiger partial charge in [-0.2, -0.15) is 0 Å². The average Bonchev–Trinajstić information content (AvgIpc) is 3.25. The van der Waals surface area contributed by atoms with Crippen LogP contribution in [0.3, 0.4) is 0 Å². The SMILES string of the molecule is [B]c1cc(F)ccc1[C@H]1Cc2nc(N)nc(C)c2C(NOC[C@H]2O[C@@H](OC)[C@@H]3OC(C)(C)O[C@@H]32)=N1. The molecule has 3 aliphatic rings. The summed E-state index contributed by atoms with van der Waals surface area (Å²) < 4.78 is 36.9. The molecule has 184 valence electrons. The summed E-state index contributed by atoms with van der Waals surface area (Å²) in [7, 11) is 7.64. The van der Waals surface area contributed by atoms with Crippen molar-refractivity contribution in [2.24, 2.45) is 4.99 Å². The maximum atomic E-state index is 13.6. The Morgan fingerprint density at radius 3 is 2.77 bits per heavy atom. The number of hydroxylamine groups is 1. The number of nitrogen functional groups attached to an aromatic ring is 1. The van der Waals surface area contributed by atoms with Crippen LogP contribution in [0.5, 0.6) is 0 Å². The topological polar surface area (TPSA) is 122 Å². The number of nitrogens with zero attached hydrogens (tertiary/aromatic N) is 3. The van der Waals surface area contributed by atoms with Crippen LogP contribution in [-0.4, -0.2) is 67.8 Å². The molecular weight excluding hydrogens is 456 g/mol. The standard InChI is InChI=1S/C23H27BFN5O5/c1-10-17-15(29-22(26)27-10)8-14(12-6-5-11(25)7-13(12)24)28-20(17)30-32-9-16-18-19(21(31-4)33-16)35-23(2,3)34-18/h5-7,14,16,18-19,21H,8-9H2,1-4H3,(H,28,30)(H2,26,27,29)/t14-,16-,18-,19-,21-/m1/s1. The molecule has 0 aliphatic carbocycles. The molecule has 0 saturated carbocycles. The van der Waals surface area contributed by atoms with Crippen molar-refractivity contribution >= 4 is 25.1 Å². The number of aromatic nitrogens is 2. The number of hydrogen-bond acceptors (Lipinski definition) is 10. The molecule has 2 fully saturated rings. The van der Waals surface area contributed by atoms with Gasteiger partial charge < -0.3 is 24.7 Å². The number of ether oxygens (including phenoxy) is 4. The molecule has 2 saturated heterocycles. The van der Waals surface area contributed by atoms with Gasteiger partial charge in [0.05, 0.1) is 23.0 Å². The Morgan fingerprint density at radius 1 is 1.26 bits per heavy atom. The molecule has 0 unspecified atom stereocenters. The number of methoxy groups -OCH3 is 1. The number of nitrogens with one attached hydrogen (secondary N) is 1. The molecule has 2 aromatic rings. The molecule has 12 heteroatoms. The summed E-state index contributed by atoms with van der Waals surface area (Å²) in [4.78, 5) is 19.3. The van der Waals surface area contributed by atoms with Crippen molar-refractivity contribution in [1.29, 1.82) is 0 Å². The van der Waals surface area contributed by atoms with Gasteiger partial charge in [-0.25, -0.2) is 19.8 Å². The molecule has 1 aromatic carbocycles. The second-order valence-corrected chi connectivity index (χ2v) is 9.22. The van der Waals surface area contributed by atoms with E-state index in [1.165, 1.54) is 12.1 Å². The van der Waals surface area contributed by atoms with Crippen LogP contribution in [0.1, 0.15) is 42.4 Å². The van der Waals surface area contributed by atoms with E-state index < -0.39 is 30.0 Å². The number of amidine groups is 1. The van der Waals surface area contributed by atoms with Gasteiger partial charge in [-0.1, -0.05) is 11.5 Å². The molecule has 35 heavy (non-hydrogen) atoms. The third-order valence-corrected chi connectivity index (χ3v) is 6.25. The van der Waals surface area contributed by atoms with Crippen LogP contribution in [0.15, 0.2) is 23.2 Å². The van der Waals surface area contributed by atoms with Crippen molar-refractivity contribution in [2.45, 2.75) is 63.6 Å². The second kappa shape index (κ2) is 9.10. The fourth-order valence-electron chi connectivity index (χ4n) is 4.82. The first-order valence-electron chi connectivity index (χ1n) is 11.3. The Hall–Kier alpha value is -2.64. The lowest BCUT2D eigenvalue weighted by Gasteiger charge is -2.26. The second-order valence-electron chi connectivity index (χ2n) is 9.22. The van der Waals surface area contributed by atoms with Crippen LogP contribution in [0.4, 0.5) is 10.3 Å². The summed E-state index contributed by atoms with van der Waals surface area (Å²) in [6.07, 6.45) is -1.28. The lowest BCUT2D eigenvalue weighted by molar-refractivity contribution is -0.232. The summed E-state index contributed by atoms with van der Waals surface area (Å²) in [5, 5.41) is 0. The third kappa shape index (κ3) is 4.64. The number of benzene rings is 1. The van der Waals surface area contributed by atoms with Crippen LogP contribution < -0.4 is 16.7 Å². The first-order valence-corrected chi connectivity index (χ1v) is 11.3. The van der Waals surface area contributed by atoms with Crippen molar-refractivity contribution in [3.63, 3.8) is 0 Å². The molecule has 5 rings (SSSR count). The fraction of sp³-hybridized carbons (Fsp3) is 0.522. The molecule has 10 nitrogen and oxygen atoms in total. The van der Waals surface area contributed by atoms with Gasteiger partial charge in [0.2, 0.25) is 5.95 Å². The summed E-state index contributed by atoms with van der Waals surface area (Å²) in [6.45, 7) is 5.64. The molecule has 0 amide bonds. The van der Waals surface area contributed by atoms with E-state index in [4.69, 9.17) is 42.4 Å². The van der Waals surface area contributed by atoms with E-state index in [0.29, 0.717) is 40.2 Å². The number of aliphatic imine (C=N–C) groups is 1. The summed E-state index contributed by atoms with van der Waals surface area (Å²) in [5.74, 6) is -0.587. The number of anilines is 1. The van der Waals surface area contributed by atoms with Crippen molar-refractivity contribution in [1.82, 2.24) is 15.4 Å². The third-order valence-electron chi connectivity index (χ3n) is 6.25. The van der Waals surface area contributed by atoms with Gasteiger partial charge in [0, 0.05) is 13.5 Å². The van der Waals surface area contributed by atoms with Gasteiger partial charge in [0.15, 0.2) is 17.9 Å². The van der Waals surface area contributed by atoms with Gasteiger partial charge in [-0.3, -0.25) is 9.83 Å². The van der Waals surface area contributed by atoms with E-state index in [1.807, 2.05) is 20.8 Å². The maximum absolute atomic E-state index is 13.6. The molecule has 0 spiro atoms. The highest BCUT2D eigenvalue weighted by atomic mass is 19.1.